The molecule has 2 atom stereocenters. The van der Waals surface area contributed by atoms with Crippen molar-refractivity contribution in [3.05, 3.63) is 42.2 Å². The number of aromatic nitrogens is 3. The minimum atomic E-state index is -1.16. The Morgan fingerprint density at radius 3 is 2.61 bits per heavy atom. The molecular weight excluding hydrogens is 230 g/mol. The van der Waals surface area contributed by atoms with Gasteiger partial charge in [0.1, 0.15) is 5.60 Å². The molecule has 0 saturated carbocycles. The van der Waals surface area contributed by atoms with Crippen molar-refractivity contribution in [1.29, 1.82) is 0 Å². The van der Waals surface area contributed by atoms with Crippen LogP contribution in [0.2, 0.25) is 0 Å². The fourth-order valence-electron chi connectivity index (χ4n) is 1.78. The molecule has 5 heteroatoms. The molecule has 1 N–H and O–H groups in total. The Kier molecular flexibility index (Phi) is 3.45. The van der Waals surface area contributed by atoms with Gasteiger partial charge in [0.05, 0.1) is 23.7 Å². The van der Waals surface area contributed by atoms with E-state index in [1.165, 1.54) is 0 Å². The highest BCUT2D eigenvalue weighted by atomic mass is 16.5. The van der Waals surface area contributed by atoms with E-state index in [9.17, 15) is 5.11 Å². The minimum Gasteiger partial charge on any atom is -0.381 e. The predicted molar refractivity (Wildman–Crippen MR) is 67.4 cm³/mol. The highest BCUT2D eigenvalue weighted by molar-refractivity contribution is 5.33. The summed E-state index contributed by atoms with van der Waals surface area (Å²) in [5, 5.41) is 18.5. The predicted octanol–water partition coefficient (Wildman–Crippen LogP) is 1.51. The van der Waals surface area contributed by atoms with Gasteiger partial charge < -0.3 is 9.84 Å². The second kappa shape index (κ2) is 4.88. The third-order valence-electron chi connectivity index (χ3n) is 3.21. The number of rotatable bonds is 4. The van der Waals surface area contributed by atoms with E-state index in [1.54, 1.807) is 24.9 Å². The van der Waals surface area contributed by atoms with Crippen LogP contribution in [0, 0.1) is 0 Å². The third-order valence-corrected chi connectivity index (χ3v) is 3.21. The molecule has 18 heavy (non-hydrogen) atoms. The van der Waals surface area contributed by atoms with Crippen LogP contribution in [-0.2, 0) is 10.3 Å². The van der Waals surface area contributed by atoms with Crippen LogP contribution in [0.15, 0.2) is 36.5 Å². The first-order valence-corrected chi connectivity index (χ1v) is 5.79. The summed E-state index contributed by atoms with van der Waals surface area (Å²) in [5.41, 5.74) is 0.297. The van der Waals surface area contributed by atoms with Gasteiger partial charge in [0.25, 0.3) is 0 Å². The highest BCUT2D eigenvalue weighted by Crippen LogP contribution is 2.27. The molecular formula is C13H17N3O2. The lowest BCUT2D eigenvalue weighted by atomic mass is 9.96. The Hall–Kier alpha value is -1.72. The average Bonchev–Trinajstić information content (AvgIpc) is 2.88. The van der Waals surface area contributed by atoms with Crippen molar-refractivity contribution >= 4 is 0 Å². The molecule has 96 valence electrons. The second-order valence-electron chi connectivity index (χ2n) is 4.39. The zero-order valence-electron chi connectivity index (χ0n) is 10.7. The molecule has 2 aromatic rings. The van der Waals surface area contributed by atoms with Gasteiger partial charge in [-0.2, -0.15) is 0 Å². The zero-order chi connectivity index (χ0) is 13.2. The lowest BCUT2D eigenvalue weighted by molar-refractivity contribution is -0.0811. The van der Waals surface area contributed by atoms with E-state index < -0.39 is 5.60 Å². The van der Waals surface area contributed by atoms with Crippen LogP contribution in [0.25, 0.3) is 5.69 Å². The summed E-state index contributed by atoms with van der Waals surface area (Å²) in [7, 11) is 1.57. The standard InChI is InChI=1S/C13H17N3O2/c1-10(18-3)13(2,17)12-9-14-15-16(12)11-7-5-4-6-8-11/h4-10,17H,1-3H3. The molecule has 1 aromatic carbocycles. The number of nitrogens with zero attached hydrogens (tertiary/aromatic N) is 3. The van der Waals surface area contributed by atoms with Crippen LogP contribution in [0.5, 0.6) is 0 Å². The molecule has 0 bridgehead atoms. The summed E-state index contributed by atoms with van der Waals surface area (Å²) in [4.78, 5) is 0. The summed E-state index contributed by atoms with van der Waals surface area (Å²) < 4.78 is 6.83. The fourth-order valence-corrected chi connectivity index (χ4v) is 1.78. The topological polar surface area (TPSA) is 60.2 Å². The summed E-state index contributed by atoms with van der Waals surface area (Å²) in [6.07, 6.45) is 1.20. The Morgan fingerprint density at radius 1 is 1.33 bits per heavy atom. The molecule has 1 heterocycles. The van der Waals surface area contributed by atoms with Gasteiger partial charge in [-0.25, -0.2) is 4.68 Å². The first kappa shape index (κ1) is 12.7. The van der Waals surface area contributed by atoms with Gasteiger partial charge in [-0.15, -0.1) is 5.10 Å². The van der Waals surface area contributed by atoms with Crippen LogP contribution in [0.3, 0.4) is 0 Å². The van der Waals surface area contributed by atoms with Crippen molar-refractivity contribution in [3.8, 4) is 5.69 Å². The van der Waals surface area contributed by atoms with E-state index in [0.29, 0.717) is 5.69 Å². The van der Waals surface area contributed by atoms with Crippen molar-refractivity contribution < 1.29 is 9.84 Å². The van der Waals surface area contributed by atoms with E-state index in [-0.39, 0.29) is 6.10 Å². The lowest BCUT2D eigenvalue weighted by Crippen LogP contribution is -2.37. The third kappa shape index (κ3) is 2.14. The molecule has 5 nitrogen and oxygen atoms in total. The zero-order valence-corrected chi connectivity index (χ0v) is 10.7. The number of hydrogen-bond acceptors (Lipinski definition) is 4. The number of para-hydroxylation sites is 1. The largest absolute Gasteiger partial charge is 0.381 e. The van der Waals surface area contributed by atoms with E-state index in [4.69, 9.17) is 4.74 Å². The normalized spacial score (nSPS) is 16.2. The monoisotopic (exact) mass is 247 g/mol. The summed E-state index contributed by atoms with van der Waals surface area (Å²) in [5.74, 6) is 0. The van der Waals surface area contributed by atoms with Crippen molar-refractivity contribution in [2.75, 3.05) is 7.11 Å². The van der Waals surface area contributed by atoms with Gasteiger partial charge in [-0.1, -0.05) is 23.4 Å². The van der Waals surface area contributed by atoms with Crippen LogP contribution in [0.4, 0.5) is 0 Å². The molecule has 0 saturated heterocycles. The van der Waals surface area contributed by atoms with Crippen molar-refractivity contribution in [2.45, 2.75) is 25.6 Å². The maximum absolute atomic E-state index is 10.6. The molecule has 0 aliphatic rings. The SMILES string of the molecule is COC(C)C(C)(O)c1cnnn1-c1ccccc1. The molecule has 0 amide bonds. The average molecular weight is 247 g/mol. The molecule has 0 fully saturated rings. The van der Waals surface area contributed by atoms with Gasteiger partial charge in [0, 0.05) is 7.11 Å². The van der Waals surface area contributed by atoms with Crippen LogP contribution < -0.4 is 0 Å². The smallest absolute Gasteiger partial charge is 0.131 e. The Bertz CT molecular complexity index is 508. The van der Waals surface area contributed by atoms with Crippen molar-refractivity contribution in [3.63, 3.8) is 0 Å². The second-order valence-corrected chi connectivity index (χ2v) is 4.39. The molecule has 1 aromatic heterocycles. The number of aliphatic hydroxyl groups is 1. The number of hydrogen-bond donors (Lipinski definition) is 1. The summed E-state index contributed by atoms with van der Waals surface area (Å²) in [6.45, 7) is 3.50. The quantitative estimate of drug-likeness (QED) is 0.889. The summed E-state index contributed by atoms with van der Waals surface area (Å²) in [6, 6.07) is 9.57. The lowest BCUT2D eigenvalue weighted by Gasteiger charge is -2.29. The first-order valence-electron chi connectivity index (χ1n) is 5.79. The van der Waals surface area contributed by atoms with Gasteiger partial charge >= 0.3 is 0 Å². The van der Waals surface area contributed by atoms with E-state index in [1.807, 2.05) is 37.3 Å². The van der Waals surface area contributed by atoms with Gasteiger partial charge in [-0.3, -0.25) is 0 Å². The van der Waals surface area contributed by atoms with Crippen LogP contribution in [-0.4, -0.2) is 33.3 Å². The van der Waals surface area contributed by atoms with Gasteiger partial charge in [-0.05, 0) is 26.0 Å². The highest BCUT2D eigenvalue weighted by Gasteiger charge is 2.34. The maximum atomic E-state index is 10.6. The molecule has 0 radical (unpaired) electrons. The minimum absolute atomic E-state index is 0.363. The van der Waals surface area contributed by atoms with Crippen molar-refractivity contribution in [2.24, 2.45) is 0 Å². The van der Waals surface area contributed by atoms with Crippen LogP contribution in [0.1, 0.15) is 19.5 Å². The number of methoxy groups -OCH3 is 1. The van der Waals surface area contributed by atoms with E-state index in [0.717, 1.165) is 5.69 Å². The molecule has 2 rings (SSSR count). The van der Waals surface area contributed by atoms with Gasteiger partial charge in [0.15, 0.2) is 0 Å². The van der Waals surface area contributed by atoms with E-state index in [2.05, 4.69) is 10.3 Å². The Labute approximate surface area is 106 Å². The van der Waals surface area contributed by atoms with Crippen molar-refractivity contribution in [1.82, 2.24) is 15.0 Å². The molecule has 2 unspecified atom stereocenters. The first-order chi connectivity index (χ1) is 8.57. The maximum Gasteiger partial charge on any atom is 0.131 e. The summed E-state index contributed by atoms with van der Waals surface area (Å²) >= 11 is 0. The number of ether oxygens (including phenoxy) is 1. The van der Waals surface area contributed by atoms with E-state index >= 15 is 0 Å². The van der Waals surface area contributed by atoms with Crippen LogP contribution >= 0.6 is 0 Å². The fraction of sp³-hybridized carbons (Fsp3) is 0.385. The molecule has 0 spiro atoms. The molecule has 0 aliphatic carbocycles. The Morgan fingerprint density at radius 2 is 2.00 bits per heavy atom. The van der Waals surface area contributed by atoms with Gasteiger partial charge in [0.2, 0.25) is 0 Å². The molecule has 0 aliphatic heterocycles. The number of benzene rings is 1. The Balaban J connectivity index is 2.46.